The molecule has 2 rings (SSSR count). The van der Waals surface area contributed by atoms with Gasteiger partial charge in [0, 0.05) is 6.42 Å². The Bertz CT molecular complexity index is 462. The minimum atomic E-state index is -0.429. The van der Waals surface area contributed by atoms with E-state index >= 15 is 0 Å². The summed E-state index contributed by atoms with van der Waals surface area (Å²) in [5, 5.41) is 10.6. The predicted molar refractivity (Wildman–Crippen MR) is 54.6 cm³/mol. The van der Waals surface area contributed by atoms with Gasteiger partial charge >= 0.3 is 5.69 Å². The molecule has 4 heteroatoms. The van der Waals surface area contributed by atoms with Crippen LogP contribution < -0.4 is 0 Å². The number of hydrogen-bond acceptors (Lipinski definition) is 3. The monoisotopic (exact) mass is 203 g/mol. The second kappa shape index (κ2) is 3.96. The fraction of sp³-hybridized carbons (Fsp3) is 0.0909. The Balaban J connectivity index is 2.25. The molecule has 0 atom stereocenters. The third-order valence-corrected chi connectivity index (χ3v) is 2.15. The lowest BCUT2D eigenvalue weighted by Gasteiger charge is -1.97. The van der Waals surface area contributed by atoms with Gasteiger partial charge in [0.2, 0.25) is 0 Å². The minimum absolute atomic E-state index is 0.0406. The molecular weight excluding hydrogens is 194 g/mol. The second-order valence-corrected chi connectivity index (χ2v) is 3.20. The van der Waals surface area contributed by atoms with Gasteiger partial charge in [-0.1, -0.05) is 30.3 Å². The first-order valence-electron chi connectivity index (χ1n) is 4.51. The summed E-state index contributed by atoms with van der Waals surface area (Å²) in [4.78, 5) is 10.2. The predicted octanol–water partition coefficient (Wildman–Crippen LogP) is 2.78. The summed E-state index contributed by atoms with van der Waals surface area (Å²) in [6.07, 6.45) is 3.11. The van der Waals surface area contributed by atoms with Crippen molar-refractivity contribution >= 4 is 5.69 Å². The molecular formula is C11H9NO3. The lowest BCUT2D eigenvalue weighted by atomic mass is 10.1. The number of benzene rings is 1. The molecule has 0 saturated heterocycles. The van der Waals surface area contributed by atoms with Crippen LogP contribution in [0.1, 0.15) is 11.1 Å². The molecule has 0 aliphatic rings. The van der Waals surface area contributed by atoms with Crippen LogP contribution in [0.3, 0.4) is 0 Å². The van der Waals surface area contributed by atoms with Crippen LogP contribution in [0.15, 0.2) is 47.3 Å². The van der Waals surface area contributed by atoms with E-state index in [9.17, 15) is 10.1 Å². The Kier molecular flexibility index (Phi) is 2.49. The van der Waals surface area contributed by atoms with E-state index in [0.717, 1.165) is 11.8 Å². The first kappa shape index (κ1) is 9.45. The van der Waals surface area contributed by atoms with E-state index in [-0.39, 0.29) is 5.69 Å². The molecule has 0 fully saturated rings. The average Bonchev–Trinajstić information content (AvgIpc) is 2.67. The van der Waals surface area contributed by atoms with Gasteiger partial charge in [-0.15, -0.1) is 0 Å². The molecule has 2 aromatic rings. The molecule has 1 aromatic heterocycles. The van der Waals surface area contributed by atoms with Crippen molar-refractivity contribution in [3.63, 3.8) is 0 Å². The highest BCUT2D eigenvalue weighted by molar-refractivity contribution is 5.39. The molecule has 0 aliphatic heterocycles. The van der Waals surface area contributed by atoms with Crippen molar-refractivity contribution in [1.29, 1.82) is 0 Å². The minimum Gasteiger partial charge on any atom is -0.465 e. The van der Waals surface area contributed by atoms with Crippen molar-refractivity contribution in [2.45, 2.75) is 6.42 Å². The highest BCUT2D eigenvalue weighted by Gasteiger charge is 2.15. The Labute approximate surface area is 86.3 Å². The molecule has 4 nitrogen and oxygen atoms in total. The summed E-state index contributed by atoms with van der Waals surface area (Å²) in [7, 11) is 0. The topological polar surface area (TPSA) is 56.3 Å². The summed E-state index contributed by atoms with van der Waals surface area (Å²) in [6.45, 7) is 0. The summed E-state index contributed by atoms with van der Waals surface area (Å²) < 4.78 is 4.84. The molecule has 0 spiro atoms. The smallest absolute Gasteiger partial charge is 0.310 e. The lowest BCUT2D eigenvalue weighted by Crippen LogP contribution is -1.92. The number of nitro groups is 1. The maximum atomic E-state index is 10.6. The van der Waals surface area contributed by atoms with Crippen molar-refractivity contribution in [1.82, 2.24) is 0 Å². The van der Waals surface area contributed by atoms with Crippen LogP contribution in [-0.4, -0.2) is 4.92 Å². The lowest BCUT2D eigenvalue weighted by molar-refractivity contribution is -0.385. The van der Waals surface area contributed by atoms with Crippen LogP contribution in [0.2, 0.25) is 0 Å². The van der Waals surface area contributed by atoms with E-state index in [1.807, 2.05) is 30.3 Å². The molecule has 15 heavy (non-hydrogen) atoms. The van der Waals surface area contributed by atoms with Crippen molar-refractivity contribution in [2.75, 3.05) is 0 Å². The maximum absolute atomic E-state index is 10.6. The van der Waals surface area contributed by atoms with Gasteiger partial charge < -0.3 is 4.42 Å². The van der Waals surface area contributed by atoms with Gasteiger partial charge in [-0.25, -0.2) is 0 Å². The zero-order valence-corrected chi connectivity index (χ0v) is 7.92. The first-order valence-corrected chi connectivity index (χ1v) is 4.51. The quantitative estimate of drug-likeness (QED) is 0.569. The molecule has 1 aromatic carbocycles. The largest absolute Gasteiger partial charge is 0.465 e. The van der Waals surface area contributed by atoms with Crippen LogP contribution in [0.5, 0.6) is 0 Å². The van der Waals surface area contributed by atoms with Crippen LogP contribution in [-0.2, 0) is 6.42 Å². The molecule has 0 N–H and O–H groups in total. The van der Waals surface area contributed by atoms with Crippen molar-refractivity contribution < 1.29 is 9.34 Å². The van der Waals surface area contributed by atoms with Crippen molar-refractivity contribution in [3.8, 4) is 0 Å². The molecule has 0 unspecified atom stereocenters. The van der Waals surface area contributed by atoms with E-state index in [2.05, 4.69) is 0 Å². The third kappa shape index (κ3) is 2.04. The van der Waals surface area contributed by atoms with Gasteiger partial charge in [-0.05, 0) is 5.56 Å². The molecule has 0 bridgehead atoms. The standard InChI is InChI=1S/C11H9NO3/c13-12(14)11-8-15-7-10(11)6-9-4-2-1-3-5-9/h1-5,7-8H,6H2. The van der Waals surface area contributed by atoms with Gasteiger partial charge in [0.1, 0.15) is 6.26 Å². The van der Waals surface area contributed by atoms with Crippen molar-refractivity contribution in [3.05, 3.63) is 64.1 Å². The molecule has 76 valence electrons. The Morgan fingerprint density at radius 2 is 1.93 bits per heavy atom. The van der Waals surface area contributed by atoms with Crippen LogP contribution in [0, 0.1) is 10.1 Å². The van der Waals surface area contributed by atoms with E-state index < -0.39 is 4.92 Å². The van der Waals surface area contributed by atoms with Gasteiger partial charge in [0.25, 0.3) is 0 Å². The number of rotatable bonds is 3. The Morgan fingerprint density at radius 1 is 1.20 bits per heavy atom. The first-order chi connectivity index (χ1) is 7.27. The number of nitrogens with zero attached hydrogens (tertiary/aromatic N) is 1. The molecule has 0 saturated carbocycles. The van der Waals surface area contributed by atoms with Crippen LogP contribution in [0.25, 0.3) is 0 Å². The molecule has 0 aliphatic carbocycles. The van der Waals surface area contributed by atoms with Crippen molar-refractivity contribution in [2.24, 2.45) is 0 Å². The van der Waals surface area contributed by atoms with Gasteiger partial charge in [0.05, 0.1) is 10.5 Å². The summed E-state index contributed by atoms with van der Waals surface area (Å²) in [5.74, 6) is 0. The van der Waals surface area contributed by atoms with Gasteiger partial charge in [-0.3, -0.25) is 10.1 Å². The van der Waals surface area contributed by atoms with E-state index in [1.165, 1.54) is 6.26 Å². The Hall–Kier alpha value is -2.10. The molecule has 0 radical (unpaired) electrons. The number of furan rings is 1. The third-order valence-electron chi connectivity index (χ3n) is 2.15. The summed E-state index contributed by atoms with van der Waals surface area (Å²) >= 11 is 0. The Morgan fingerprint density at radius 3 is 2.60 bits per heavy atom. The van der Waals surface area contributed by atoms with Crippen LogP contribution >= 0.6 is 0 Å². The van der Waals surface area contributed by atoms with E-state index in [4.69, 9.17) is 4.42 Å². The molecule has 0 amide bonds. The van der Waals surface area contributed by atoms with Gasteiger partial charge in [-0.2, -0.15) is 0 Å². The number of hydrogen-bond donors (Lipinski definition) is 0. The zero-order valence-electron chi connectivity index (χ0n) is 7.92. The fourth-order valence-electron chi connectivity index (χ4n) is 1.42. The molecule has 1 heterocycles. The second-order valence-electron chi connectivity index (χ2n) is 3.20. The van der Waals surface area contributed by atoms with Crippen LogP contribution in [0.4, 0.5) is 5.69 Å². The average molecular weight is 203 g/mol. The van der Waals surface area contributed by atoms with Gasteiger partial charge in [0.15, 0.2) is 6.26 Å². The normalized spacial score (nSPS) is 10.1. The zero-order chi connectivity index (χ0) is 10.7. The summed E-state index contributed by atoms with van der Waals surface area (Å²) in [6, 6.07) is 9.57. The fourth-order valence-corrected chi connectivity index (χ4v) is 1.42. The SMILES string of the molecule is O=[N+]([O-])c1cocc1Cc1ccccc1. The maximum Gasteiger partial charge on any atom is 0.310 e. The highest BCUT2D eigenvalue weighted by atomic mass is 16.6. The summed E-state index contributed by atoms with van der Waals surface area (Å²) in [5.41, 5.74) is 1.67. The van der Waals surface area contributed by atoms with E-state index in [0.29, 0.717) is 12.0 Å². The highest BCUT2D eigenvalue weighted by Crippen LogP contribution is 2.22. The van der Waals surface area contributed by atoms with E-state index in [1.54, 1.807) is 0 Å².